The number of ether oxygens (including phenoxy) is 1. The molecule has 0 amide bonds. The molecule has 1 N–H and O–H groups in total. The van der Waals surface area contributed by atoms with Crippen molar-refractivity contribution in [1.29, 1.82) is 0 Å². The van der Waals surface area contributed by atoms with Crippen LogP contribution in [0.15, 0.2) is 18.2 Å². The molecule has 1 heterocycles. The summed E-state index contributed by atoms with van der Waals surface area (Å²) >= 11 is 0. The smallest absolute Gasteiger partial charge is 0.120 e. The molecule has 2 heteroatoms. The van der Waals surface area contributed by atoms with Crippen molar-refractivity contribution in [2.24, 2.45) is 11.3 Å². The van der Waals surface area contributed by atoms with Gasteiger partial charge in [-0.05, 0) is 48.1 Å². The van der Waals surface area contributed by atoms with Crippen molar-refractivity contribution in [3.05, 3.63) is 23.8 Å². The maximum Gasteiger partial charge on any atom is 0.120 e. The highest BCUT2D eigenvalue weighted by molar-refractivity contribution is 5.60. The van der Waals surface area contributed by atoms with Gasteiger partial charge in [-0.3, -0.25) is 0 Å². The van der Waals surface area contributed by atoms with Gasteiger partial charge in [0.05, 0.1) is 7.11 Å². The van der Waals surface area contributed by atoms with Crippen molar-refractivity contribution < 1.29 is 4.74 Å². The van der Waals surface area contributed by atoms with Crippen LogP contribution in [0.4, 0.5) is 5.69 Å². The second-order valence-electron chi connectivity index (χ2n) is 6.78. The van der Waals surface area contributed by atoms with Crippen LogP contribution < -0.4 is 10.1 Å². The van der Waals surface area contributed by atoms with E-state index < -0.39 is 0 Å². The summed E-state index contributed by atoms with van der Waals surface area (Å²) in [5.41, 5.74) is 3.18. The third-order valence-electron chi connectivity index (χ3n) is 5.32. The predicted molar refractivity (Wildman–Crippen MR) is 79.9 cm³/mol. The van der Waals surface area contributed by atoms with Crippen molar-refractivity contribution in [3.63, 3.8) is 0 Å². The van der Waals surface area contributed by atoms with Gasteiger partial charge in [-0.2, -0.15) is 0 Å². The molecule has 1 aromatic rings. The van der Waals surface area contributed by atoms with Crippen molar-refractivity contribution in [2.45, 2.75) is 52.0 Å². The number of methoxy groups -OCH3 is 1. The Bertz CT molecular complexity index is 480. The molecule has 1 saturated carbocycles. The van der Waals surface area contributed by atoms with E-state index in [1.54, 1.807) is 7.11 Å². The lowest BCUT2D eigenvalue weighted by Gasteiger charge is -2.41. The predicted octanol–water partition coefficient (Wildman–Crippen LogP) is 4.42. The molecule has 1 aliphatic carbocycles. The topological polar surface area (TPSA) is 21.3 Å². The van der Waals surface area contributed by atoms with Gasteiger partial charge in [0.1, 0.15) is 5.75 Å². The van der Waals surface area contributed by atoms with Crippen LogP contribution >= 0.6 is 0 Å². The zero-order valence-electron chi connectivity index (χ0n) is 12.5. The monoisotopic (exact) mass is 259 g/mol. The van der Waals surface area contributed by atoms with Gasteiger partial charge in [0.25, 0.3) is 0 Å². The van der Waals surface area contributed by atoms with Crippen LogP contribution in [-0.4, -0.2) is 13.2 Å². The van der Waals surface area contributed by atoms with Gasteiger partial charge in [0, 0.05) is 17.8 Å². The van der Waals surface area contributed by atoms with E-state index in [0.717, 1.165) is 11.7 Å². The number of hydrogen-bond donors (Lipinski definition) is 1. The summed E-state index contributed by atoms with van der Waals surface area (Å²) in [6, 6.07) is 7.14. The minimum atomic E-state index is 0.402. The number of fused-ring (bicyclic) bond motifs is 2. The molecule has 1 fully saturated rings. The fraction of sp³-hybridized carbons (Fsp3) is 0.647. The minimum absolute atomic E-state index is 0.402. The molecule has 1 aromatic carbocycles. The summed E-state index contributed by atoms with van der Waals surface area (Å²) in [6.07, 6.45) is 3.92. The van der Waals surface area contributed by atoms with Crippen molar-refractivity contribution in [3.8, 4) is 5.75 Å². The van der Waals surface area contributed by atoms with Gasteiger partial charge in [-0.15, -0.1) is 0 Å². The average Bonchev–Trinajstić information content (AvgIpc) is 2.71. The molecule has 0 saturated heterocycles. The maximum atomic E-state index is 5.37. The molecular weight excluding hydrogens is 234 g/mol. The van der Waals surface area contributed by atoms with E-state index in [9.17, 15) is 0 Å². The summed E-state index contributed by atoms with van der Waals surface area (Å²) in [5.74, 6) is 2.45. The normalized spacial score (nSPS) is 31.3. The zero-order valence-corrected chi connectivity index (χ0v) is 12.5. The minimum Gasteiger partial charge on any atom is -0.497 e. The number of hydrogen-bond acceptors (Lipinski definition) is 2. The third kappa shape index (κ3) is 1.92. The van der Waals surface area contributed by atoms with Crippen LogP contribution in [0.2, 0.25) is 0 Å². The molecule has 0 radical (unpaired) electrons. The first-order chi connectivity index (χ1) is 9.06. The first-order valence-electron chi connectivity index (χ1n) is 7.51. The van der Waals surface area contributed by atoms with Crippen LogP contribution in [0.25, 0.3) is 0 Å². The Morgan fingerprint density at radius 3 is 2.84 bits per heavy atom. The number of nitrogens with one attached hydrogen (secondary N) is 1. The molecular formula is C17H25NO. The van der Waals surface area contributed by atoms with E-state index in [2.05, 4.69) is 44.3 Å². The summed E-state index contributed by atoms with van der Waals surface area (Å²) in [7, 11) is 1.74. The molecule has 1 aliphatic heterocycles. The molecule has 104 valence electrons. The highest BCUT2D eigenvalue weighted by Gasteiger charge is 2.47. The molecule has 0 bridgehead atoms. The van der Waals surface area contributed by atoms with Crippen molar-refractivity contribution >= 4 is 5.69 Å². The maximum absolute atomic E-state index is 5.37. The second-order valence-corrected chi connectivity index (χ2v) is 6.78. The SMILES string of the molecule is CC[C@H]1c2ccc(OC)cc2N[C@@H]2[C@@H]1CCC2(C)C. The Morgan fingerprint density at radius 2 is 2.16 bits per heavy atom. The first kappa shape index (κ1) is 12.8. The van der Waals surface area contributed by atoms with E-state index >= 15 is 0 Å². The van der Waals surface area contributed by atoms with E-state index in [1.165, 1.54) is 30.5 Å². The van der Waals surface area contributed by atoms with Crippen LogP contribution in [-0.2, 0) is 0 Å². The largest absolute Gasteiger partial charge is 0.497 e. The Labute approximate surface area is 116 Å². The van der Waals surface area contributed by atoms with E-state index in [4.69, 9.17) is 4.74 Å². The quantitative estimate of drug-likeness (QED) is 0.849. The van der Waals surface area contributed by atoms with E-state index in [-0.39, 0.29) is 0 Å². The van der Waals surface area contributed by atoms with Gasteiger partial charge in [-0.1, -0.05) is 26.8 Å². The van der Waals surface area contributed by atoms with E-state index in [1.807, 2.05) is 0 Å². The van der Waals surface area contributed by atoms with E-state index in [0.29, 0.717) is 17.4 Å². The summed E-state index contributed by atoms with van der Waals surface area (Å²) in [5, 5.41) is 3.81. The van der Waals surface area contributed by atoms with Gasteiger partial charge < -0.3 is 10.1 Å². The lowest BCUT2D eigenvalue weighted by molar-refractivity contribution is 0.287. The summed E-state index contributed by atoms with van der Waals surface area (Å²) < 4.78 is 5.37. The van der Waals surface area contributed by atoms with Crippen LogP contribution in [0.3, 0.4) is 0 Å². The molecule has 3 rings (SSSR count). The van der Waals surface area contributed by atoms with Crippen molar-refractivity contribution in [1.82, 2.24) is 0 Å². The zero-order chi connectivity index (χ0) is 13.6. The van der Waals surface area contributed by atoms with Gasteiger partial charge in [-0.25, -0.2) is 0 Å². The average molecular weight is 259 g/mol. The number of rotatable bonds is 2. The molecule has 2 nitrogen and oxygen atoms in total. The lowest BCUT2D eigenvalue weighted by Crippen LogP contribution is -2.41. The Kier molecular flexibility index (Phi) is 2.99. The number of anilines is 1. The summed E-state index contributed by atoms with van der Waals surface area (Å²) in [4.78, 5) is 0. The molecule has 3 atom stereocenters. The van der Waals surface area contributed by atoms with Crippen molar-refractivity contribution in [2.75, 3.05) is 12.4 Å². The Morgan fingerprint density at radius 1 is 1.37 bits per heavy atom. The van der Waals surface area contributed by atoms with Crippen LogP contribution in [0, 0.1) is 11.3 Å². The molecule has 2 aliphatic rings. The molecule has 19 heavy (non-hydrogen) atoms. The van der Waals surface area contributed by atoms with Crippen LogP contribution in [0.1, 0.15) is 51.5 Å². The summed E-state index contributed by atoms with van der Waals surface area (Å²) in [6.45, 7) is 7.14. The van der Waals surface area contributed by atoms with Gasteiger partial charge >= 0.3 is 0 Å². The second kappa shape index (κ2) is 4.43. The first-order valence-corrected chi connectivity index (χ1v) is 7.51. The standard InChI is InChI=1S/C17H25NO/c1-5-12-13-7-6-11(19-4)10-15(13)18-16-14(12)8-9-17(16,2)3/h6-7,10,12,14,16,18H,5,8-9H2,1-4H3/t12-,14+,16+/m0/s1. The fourth-order valence-corrected chi connectivity index (χ4v) is 4.21. The van der Waals surface area contributed by atoms with Gasteiger partial charge in [0.15, 0.2) is 0 Å². The highest BCUT2D eigenvalue weighted by atomic mass is 16.5. The molecule has 0 aromatic heterocycles. The Balaban J connectivity index is 2.04. The molecule has 0 unspecified atom stereocenters. The number of benzene rings is 1. The Hall–Kier alpha value is -1.18. The van der Waals surface area contributed by atoms with Crippen LogP contribution in [0.5, 0.6) is 5.75 Å². The lowest BCUT2D eigenvalue weighted by atomic mass is 9.73. The van der Waals surface area contributed by atoms with Gasteiger partial charge in [0.2, 0.25) is 0 Å². The third-order valence-corrected chi connectivity index (χ3v) is 5.32. The molecule has 0 spiro atoms. The highest BCUT2D eigenvalue weighted by Crippen LogP contribution is 2.53. The fourth-order valence-electron chi connectivity index (χ4n) is 4.21.